The van der Waals surface area contributed by atoms with Crippen molar-refractivity contribution in [1.82, 2.24) is 24.7 Å². The van der Waals surface area contributed by atoms with Crippen LogP contribution in [-0.4, -0.2) is 101 Å². The van der Waals surface area contributed by atoms with E-state index in [0.717, 1.165) is 43.2 Å². The minimum Gasteiger partial charge on any atom is -0.461 e. The van der Waals surface area contributed by atoms with Crippen molar-refractivity contribution in [3.05, 3.63) is 40.5 Å². The van der Waals surface area contributed by atoms with Gasteiger partial charge in [-0.15, -0.1) is 11.3 Å². The van der Waals surface area contributed by atoms with Gasteiger partial charge in [-0.1, -0.05) is 6.07 Å². The summed E-state index contributed by atoms with van der Waals surface area (Å²) >= 11 is 1.50. The lowest BCUT2D eigenvalue weighted by Crippen LogP contribution is -2.54. The molecule has 0 spiro atoms. The molecule has 3 aliphatic heterocycles. The van der Waals surface area contributed by atoms with Gasteiger partial charge in [0.15, 0.2) is 0 Å². The fourth-order valence-corrected chi connectivity index (χ4v) is 6.44. The zero-order valence-electron chi connectivity index (χ0n) is 22.1. The number of carbonyl (C=O) groups excluding carboxylic acids is 3. The highest BCUT2D eigenvalue weighted by atomic mass is 32.1. The molecule has 3 saturated heterocycles. The highest BCUT2D eigenvalue weighted by Crippen LogP contribution is 2.32. The van der Waals surface area contributed by atoms with Gasteiger partial charge in [-0.25, -0.2) is 19.6 Å². The van der Waals surface area contributed by atoms with Crippen molar-refractivity contribution >= 4 is 35.1 Å². The second kappa shape index (κ2) is 11.7. The van der Waals surface area contributed by atoms with Crippen LogP contribution in [0.3, 0.4) is 0 Å². The monoisotopic (exact) mass is 540 g/mol. The number of thiazole rings is 1. The van der Waals surface area contributed by atoms with Gasteiger partial charge >= 0.3 is 12.0 Å². The largest absolute Gasteiger partial charge is 0.461 e. The number of hydrogen-bond acceptors (Lipinski definition) is 8. The number of urea groups is 1. The number of piperazine rings is 1. The Morgan fingerprint density at radius 1 is 0.974 bits per heavy atom. The number of piperidine rings is 1. The first kappa shape index (κ1) is 26.4. The van der Waals surface area contributed by atoms with Crippen molar-refractivity contribution in [3.63, 3.8) is 0 Å². The summed E-state index contributed by atoms with van der Waals surface area (Å²) in [4.78, 5) is 55.6. The number of rotatable bonds is 5. The molecule has 2 aromatic heterocycles. The highest BCUT2D eigenvalue weighted by Gasteiger charge is 2.37. The van der Waals surface area contributed by atoms with Crippen molar-refractivity contribution < 1.29 is 19.1 Å². The van der Waals surface area contributed by atoms with E-state index < -0.39 is 6.04 Å². The number of esters is 1. The molecule has 0 aliphatic carbocycles. The fraction of sp³-hybridized carbons (Fsp3) is 0.593. The van der Waals surface area contributed by atoms with Gasteiger partial charge in [0.1, 0.15) is 17.6 Å². The first-order valence-electron chi connectivity index (χ1n) is 13.6. The van der Waals surface area contributed by atoms with Crippen LogP contribution >= 0.6 is 11.3 Å². The SMILES string of the molecule is CC(C)OC(=O)C1CCCN1C(=O)c1csc(C2CCN(C(=O)N3CCN(c4ccccn4)CC3)CC2)n1. The Morgan fingerprint density at radius 3 is 2.39 bits per heavy atom. The molecule has 5 heterocycles. The van der Waals surface area contributed by atoms with Crippen LogP contribution in [-0.2, 0) is 9.53 Å². The summed E-state index contributed by atoms with van der Waals surface area (Å²) in [6.45, 7) is 8.47. The molecule has 3 aliphatic rings. The Kier molecular flexibility index (Phi) is 8.11. The van der Waals surface area contributed by atoms with Crippen molar-refractivity contribution in [2.45, 2.75) is 57.6 Å². The van der Waals surface area contributed by atoms with Crippen LogP contribution in [0.5, 0.6) is 0 Å². The smallest absolute Gasteiger partial charge is 0.329 e. The van der Waals surface area contributed by atoms with Gasteiger partial charge < -0.3 is 24.3 Å². The number of nitrogens with zero attached hydrogens (tertiary/aromatic N) is 6. The molecule has 0 saturated carbocycles. The van der Waals surface area contributed by atoms with Crippen LogP contribution in [0, 0.1) is 0 Å². The standard InChI is InChI=1S/C27H36N6O4S/c1-19(2)37-26(35)22-6-5-11-33(22)25(34)21-18-38-24(29-21)20-8-12-31(13-9-20)27(36)32-16-14-30(15-17-32)23-7-3-4-10-28-23/h3-4,7,10,18-20,22H,5-6,8-9,11-17H2,1-2H3. The third kappa shape index (κ3) is 5.77. The number of carbonyl (C=O) groups is 3. The maximum atomic E-state index is 13.2. The zero-order chi connectivity index (χ0) is 26.6. The van der Waals surface area contributed by atoms with Crippen LogP contribution in [0.2, 0.25) is 0 Å². The van der Waals surface area contributed by atoms with Gasteiger partial charge in [-0.3, -0.25) is 4.79 Å². The average molecular weight is 541 g/mol. The molecule has 38 heavy (non-hydrogen) atoms. The number of pyridine rings is 1. The van der Waals surface area contributed by atoms with E-state index in [1.165, 1.54) is 11.3 Å². The minimum atomic E-state index is -0.532. The lowest BCUT2D eigenvalue weighted by Gasteiger charge is -2.39. The molecule has 5 rings (SSSR count). The lowest BCUT2D eigenvalue weighted by molar-refractivity contribution is -0.151. The molecule has 3 amide bonds. The van der Waals surface area contributed by atoms with E-state index in [0.29, 0.717) is 44.8 Å². The van der Waals surface area contributed by atoms with Crippen LogP contribution in [0.15, 0.2) is 29.8 Å². The molecule has 0 bridgehead atoms. The molecule has 1 unspecified atom stereocenters. The summed E-state index contributed by atoms with van der Waals surface area (Å²) in [7, 11) is 0. The normalized spacial score (nSPS) is 20.8. The molecule has 204 valence electrons. The third-order valence-electron chi connectivity index (χ3n) is 7.52. The summed E-state index contributed by atoms with van der Waals surface area (Å²) < 4.78 is 5.36. The second-order valence-electron chi connectivity index (χ2n) is 10.4. The van der Waals surface area contributed by atoms with Gasteiger partial charge in [-0.05, 0) is 51.7 Å². The number of ether oxygens (including phenoxy) is 1. The molecule has 10 nitrogen and oxygen atoms in total. The van der Waals surface area contributed by atoms with E-state index in [2.05, 4.69) is 14.9 Å². The van der Waals surface area contributed by atoms with Gasteiger partial charge in [0, 0.05) is 63.3 Å². The topological polar surface area (TPSA) is 99.2 Å². The van der Waals surface area contributed by atoms with Gasteiger partial charge in [0.2, 0.25) is 0 Å². The predicted molar refractivity (Wildman–Crippen MR) is 144 cm³/mol. The van der Waals surface area contributed by atoms with E-state index in [-0.39, 0.29) is 29.9 Å². The maximum Gasteiger partial charge on any atom is 0.329 e. The van der Waals surface area contributed by atoms with Gasteiger partial charge in [0.25, 0.3) is 5.91 Å². The van der Waals surface area contributed by atoms with Crippen LogP contribution in [0.25, 0.3) is 0 Å². The van der Waals surface area contributed by atoms with Crippen molar-refractivity contribution in [1.29, 1.82) is 0 Å². The Labute approximate surface area is 227 Å². The number of likely N-dealkylation sites (tertiary alicyclic amines) is 2. The molecular weight excluding hydrogens is 504 g/mol. The summed E-state index contributed by atoms with van der Waals surface area (Å²) in [5, 5.41) is 2.74. The number of amides is 3. The van der Waals surface area contributed by atoms with Crippen molar-refractivity contribution in [2.75, 3.05) is 50.7 Å². The summed E-state index contributed by atoms with van der Waals surface area (Å²) in [5.41, 5.74) is 0.401. The van der Waals surface area contributed by atoms with Gasteiger partial charge in [0.05, 0.1) is 11.1 Å². The van der Waals surface area contributed by atoms with E-state index in [4.69, 9.17) is 4.74 Å². The third-order valence-corrected chi connectivity index (χ3v) is 8.52. The van der Waals surface area contributed by atoms with E-state index >= 15 is 0 Å². The van der Waals surface area contributed by atoms with E-state index in [9.17, 15) is 14.4 Å². The highest BCUT2D eigenvalue weighted by molar-refractivity contribution is 7.09. The fourth-order valence-electron chi connectivity index (χ4n) is 5.47. The quantitative estimate of drug-likeness (QED) is 0.537. The van der Waals surface area contributed by atoms with Gasteiger partial charge in [-0.2, -0.15) is 0 Å². The Bertz CT molecular complexity index is 1130. The molecule has 0 N–H and O–H groups in total. The molecular formula is C27H36N6O4S. The number of aromatic nitrogens is 2. The molecule has 11 heteroatoms. The Balaban J connectivity index is 1.12. The van der Waals surface area contributed by atoms with E-state index in [1.54, 1.807) is 16.5 Å². The first-order chi connectivity index (χ1) is 18.4. The summed E-state index contributed by atoms with van der Waals surface area (Å²) in [6.07, 6.45) is 4.65. The molecule has 0 aromatic carbocycles. The minimum absolute atomic E-state index is 0.104. The number of hydrogen-bond donors (Lipinski definition) is 0. The lowest BCUT2D eigenvalue weighted by atomic mass is 9.98. The zero-order valence-corrected chi connectivity index (χ0v) is 22.9. The van der Waals surface area contributed by atoms with Crippen LogP contribution in [0.1, 0.15) is 60.9 Å². The maximum absolute atomic E-state index is 13.2. The van der Waals surface area contributed by atoms with Crippen LogP contribution < -0.4 is 4.90 Å². The molecule has 0 radical (unpaired) electrons. The number of anilines is 1. The molecule has 3 fully saturated rings. The summed E-state index contributed by atoms with van der Waals surface area (Å²) in [5.74, 6) is 0.647. The second-order valence-corrected chi connectivity index (χ2v) is 11.3. The Hall–Kier alpha value is -3.21. The van der Waals surface area contributed by atoms with E-state index in [1.807, 2.05) is 41.8 Å². The van der Waals surface area contributed by atoms with Crippen LogP contribution in [0.4, 0.5) is 10.6 Å². The first-order valence-corrected chi connectivity index (χ1v) is 14.5. The molecule has 1 atom stereocenters. The van der Waals surface area contributed by atoms with Crippen molar-refractivity contribution in [2.24, 2.45) is 0 Å². The molecule has 2 aromatic rings. The average Bonchev–Trinajstić information content (AvgIpc) is 3.63. The Morgan fingerprint density at radius 2 is 1.71 bits per heavy atom. The summed E-state index contributed by atoms with van der Waals surface area (Å²) in [6, 6.07) is 5.47. The predicted octanol–water partition coefficient (Wildman–Crippen LogP) is 3.22. The van der Waals surface area contributed by atoms with Crippen molar-refractivity contribution in [3.8, 4) is 0 Å².